The van der Waals surface area contributed by atoms with E-state index in [-0.39, 0.29) is 5.97 Å². The minimum atomic E-state index is -0.0864. The van der Waals surface area contributed by atoms with Gasteiger partial charge < -0.3 is 4.74 Å². The predicted octanol–water partition coefficient (Wildman–Crippen LogP) is 4.64. The van der Waals surface area contributed by atoms with Gasteiger partial charge >= 0.3 is 5.97 Å². The minimum absolute atomic E-state index is 0.0864. The molecule has 0 amide bonds. The van der Waals surface area contributed by atoms with Crippen LogP contribution in [0.5, 0.6) is 0 Å². The third-order valence-corrected chi connectivity index (χ3v) is 2.71. The first-order valence-electron chi connectivity index (χ1n) is 7.11. The second kappa shape index (κ2) is 13.3. The van der Waals surface area contributed by atoms with E-state index in [4.69, 9.17) is 4.74 Å². The predicted molar refractivity (Wildman–Crippen MR) is 73.0 cm³/mol. The Morgan fingerprint density at radius 1 is 0.941 bits per heavy atom. The molecular weight excluding hydrogens is 212 g/mol. The number of ether oxygens (including phenoxy) is 1. The Kier molecular flexibility index (Phi) is 12.7. The number of carbonyl (C=O) groups is 1. The summed E-state index contributed by atoms with van der Waals surface area (Å²) in [4.78, 5) is 11.0. The van der Waals surface area contributed by atoms with Gasteiger partial charge in [0.1, 0.15) is 0 Å². The van der Waals surface area contributed by atoms with Crippen molar-refractivity contribution in [1.82, 2.24) is 0 Å². The summed E-state index contributed by atoms with van der Waals surface area (Å²) in [6.45, 7) is 4.57. The van der Waals surface area contributed by atoms with Crippen LogP contribution in [0.4, 0.5) is 0 Å². The highest BCUT2D eigenvalue weighted by molar-refractivity contribution is 5.69. The quantitative estimate of drug-likeness (QED) is 0.299. The molecule has 0 aliphatic rings. The van der Waals surface area contributed by atoms with Crippen LogP contribution in [0.2, 0.25) is 0 Å². The van der Waals surface area contributed by atoms with Gasteiger partial charge in [0.15, 0.2) is 0 Å². The average molecular weight is 240 g/mol. The van der Waals surface area contributed by atoms with Crippen LogP contribution in [-0.2, 0) is 9.53 Å². The lowest BCUT2D eigenvalue weighted by atomic mass is 10.1. The van der Waals surface area contributed by atoms with Crippen molar-refractivity contribution in [2.24, 2.45) is 0 Å². The van der Waals surface area contributed by atoms with Crippen molar-refractivity contribution in [2.45, 2.75) is 71.6 Å². The number of unbranched alkanes of at least 4 members (excludes halogenated alkanes) is 6. The van der Waals surface area contributed by atoms with Crippen LogP contribution in [0.25, 0.3) is 0 Å². The molecule has 0 aromatic carbocycles. The first-order chi connectivity index (χ1) is 8.31. The Hall–Kier alpha value is -0.790. The highest BCUT2D eigenvalue weighted by Crippen LogP contribution is 2.07. The first kappa shape index (κ1) is 16.2. The van der Waals surface area contributed by atoms with Gasteiger partial charge in [0.05, 0.1) is 6.61 Å². The molecule has 100 valence electrons. The summed E-state index contributed by atoms with van der Waals surface area (Å²) < 4.78 is 4.85. The minimum Gasteiger partial charge on any atom is -0.466 e. The van der Waals surface area contributed by atoms with Crippen LogP contribution in [0.15, 0.2) is 12.2 Å². The molecule has 2 heteroatoms. The first-order valence-corrected chi connectivity index (χ1v) is 7.11. The maximum atomic E-state index is 11.0. The molecule has 0 bridgehead atoms. The zero-order valence-electron chi connectivity index (χ0n) is 11.5. The van der Waals surface area contributed by atoms with E-state index in [1.807, 2.05) is 6.92 Å². The van der Waals surface area contributed by atoms with Gasteiger partial charge in [0.25, 0.3) is 0 Å². The molecule has 0 saturated heterocycles. The van der Waals surface area contributed by atoms with E-state index in [0.717, 1.165) is 12.8 Å². The largest absolute Gasteiger partial charge is 0.466 e. The molecule has 0 aromatic heterocycles. The Balaban J connectivity index is 3.17. The molecule has 0 heterocycles. The van der Waals surface area contributed by atoms with Gasteiger partial charge in [-0.25, -0.2) is 0 Å². The van der Waals surface area contributed by atoms with Gasteiger partial charge in [-0.2, -0.15) is 0 Å². The second-order valence-electron chi connectivity index (χ2n) is 4.37. The number of allylic oxidation sites excluding steroid dienone is 2. The second-order valence-corrected chi connectivity index (χ2v) is 4.37. The highest BCUT2D eigenvalue weighted by atomic mass is 16.5. The fourth-order valence-electron chi connectivity index (χ4n) is 1.71. The fraction of sp³-hybridized carbons (Fsp3) is 0.800. The Morgan fingerprint density at radius 3 is 2.29 bits per heavy atom. The third-order valence-electron chi connectivity index (χ3n) is 2.71. The topological polar surface area (TPSA) is 26.3 Å². The third kappa shape index (κ3) is 13.1. The Morgan fingerprint density at radius 2 is 1.59 bits per heavy atom. The van der Waals surface area contributed by atoms with Crippen LogP contribution in [0.3, 0.4) is 0 Å². The summed E-state index contributed by atoms with van der Waals surface area (Å²) in [7, 11) is 0. The molecule has 0 unspecified atom stereocenters. The van der Waals surface area contributed by atoms with Gasteiger partial charge in [-0.3, -0.25) is 4.79 Å². The molecule has 0 saturated carbocycles. The van der Waals surface area contributed by atoms with E-state index in [2.05, 4.69) is 19.1 Å². The van der Waals surface area contributed by atoms with Crippen molar-refractivity contribution in [3.63, 3.8) is 0 Å². The van der Waals surface area contributed by atoms with Crippen molar-refractivity contribution < 1.29 is 9.53 Å². The number of rotatable bonds is 11. The number of carbonyl (C=O) groups excluding carboxylic acids is 1. The molecule has 17 heavy (non-hydrogen) atoms. The van der Waals surface area contributed by atoms with Crippen molar-refractivity contribution >= 4 is 5.97 Å². The van der Waals surface area contributed by atoms with E-state index in [1.54, 1.807) is 0 Å². The summed E-state index contributed by atoms with van der Waals surface area (Å²) >= 11 is 0. The summed E-state index contributed by atoms with van der Waals surface area (Å²) in [5.41, 5.74) is 0. The molecule has 0 spiro atoms. The Bertz CT molecular complexity index is 197. The van der Waals surface area contributed by atoms with Gasteiger partial charge in [-0.1, -0.05) is 51.2 Å². The maximum absolute atomic E-state index is 11.0. The van der Waals surface area contributed by atoms with Crippen molar-refractivity contribution in [2.75, 3.05) is 6.61 Å². The monoisotopic (exact) mass is 240 g/mol. The standard InChI is InChI=1S/C15H28O2/c1-3-5-6-7-8-9-10-11-12-13-14-15(16)17-4-2/h11-12H,3-10,13-14H2,1-2H3/b12-11-. The smallest absolute Gasteiger partial charge is 0.306 e. The molecule has 0 atom stereocenters. The molecule has 0 fully saturated rings. The van der Waals surface area contributed by atoms with E-state index in [1.165, 1.54) is 38.5 Å². The zero-order chi connectivity index (χ0) is 12.8. The molecule has 0 aromatic rings. The fourth-order valence-corrected chi connectivity index (χ4v) is 1.71. The van der Waals surface area contributed by atoms with E-state index in [0.29, 0.717) is 13.0 Å². The van der Waals surface area contributed by atoms with Crippen molar-refractivity contribution in [3.8, 4) is 0 Å². The number of esters is 1. The van der Waals surface area contributed by atoms with Crippen molar-refractivity contribution in [3.05, 3.63) is 12.2 Å². The average Bonchev–Trinajstić information content (AvgIpc) is 2.32. The molecule has 0 rings (SSSR count). The van der Waals surface area contributed by atoms with E-state index >= 15 is 0 Å². The molecule has 0 aliphatic heterocycles. The van der Waals surface area contributed by atoms with Crippen LogP contribution in [0.1, 0.15) is 71.6 Å². The van der Waals surface area contributed by atoms with Gasteiger partial charge in [-0.15, -0.1) is 0 Å². The molecule has 0 radical (unpaired) electrons. The maximum Gasteiger partial charge on any atom is 0.306 e. The molecule has 2 nitrogen and oxygen atoms in total. The van der Waals surface area contributed by atoms with Crippen LogP contribution < -0.4 is 0 Å². The van der Waals surface area contributed by atoms with Gasteiger partial charge in [0, 0.05) is 6.42 Å². The summed E-state index contributed by atoms with van der Waals surface area (Å²) in [6.07, 6.45) is 14.8. The number of hydrogen-bond donors (Lipinski definition) is 0. The van der Waals surface area contributed by atoms with Crippen LogP contribution >= 0.6 is 0 Å². The SMILES string of the molecule is CCCCCCCC/C=C\CCC(=O)OCC. The van der Waals surface area contributed by atoms with Crippen LogP contribution in [-0.4, -0.2) is 12.6 Å². The Labute approximate surface area is 106 Å². The van der Waals surface area contributed by atoms with Crippen molar-refractivity contribution in [1.29, 1.82) is 0 Å². The zero-order valence-corrected chi connectivity index (χ0v) is 11.5. The van der Waals surface area contributed by atoms with Crippen LogP contribution in [0, 0.1) is 0 Å². The summed E-state index contributed by atoms with van der Waals surface area (Å²) in [6, 6.07) is 0. The molecule has 0 N–H and O–H groups in total. The lowest BCUT2D eigenvalue weighted by molar-refractivity contribution is -0.142. The normalized spacial score (nSPS) is 10.9. The lowest BCUT2D eigenvalue weighted by Gasteiger charge is -1.99. The summed E-state index contributed by atoms with van der Waals surface area (Å²) in [5, 5.41) is 0. The molecule has 0 aliphatic carbocycles. The van der Waals surface area contributed by atoms with Gasteiger partial charge in [-0.05, 0) is 26.2 Å². The van der Waals surface area contributed by atoms with E-state index < -0.39 is 0 Å². The summed E-state index contributed by atoms with van der Waals surface area (Å²) in [5.74, 6) is -0.0864. The van der Waals surface area contributed by atoms with E-state index in [9.17, 15) is 4.79 Å². The molecular formula is C15H28O2. The lowest BCUT2D eigenvalue weighted by Crippen LogP contribution is -2.02. The highest BCUT2D eigenvalue weighted by Gasteiger charge is 1.97. The number of hydrogen-bond acceptors (Lipinski definition) is 2. The van der Waals surface area contributed by atoms with Gasteiger partial charge in [0.2, 0.25) is 0 Å².